The second-order valence-corrected chi connectivity index (χ2v) is 6.38. The number of methoxy groups -OCH3 is 1. The molecule has 3 nitrogen and oxygen atoms in total. The summed E-state index contributed by atoms with van der Waals surface area (Å²) in [6, 6.07) is 7.66. The van der Waals surface area contributed by atoms with Gasteiger partial charge in [-0.1, -0.05) is 12.1 Å². The van der Waals surface area contributed by atoms with Gasteiger partial charge in [0.15, 0.2) is 0 Å². The minimum atomic E-state index is -1.10. The van der Waals surface area contributed by atoms with Crippen molar-refractivity contribution in [2.24, 2.45) is 0 Å². The Balaban J connectivity index is 2.12. The van der Waals surface area contributed by atoms with Gasteiger partial charge in [0.1, 0.15) is 11.0 Å². The van der Waals surface area contributed by atoms with Crippen LogP contribution in [0.2, 0.25) is 0 Å². The van der Waals surface area contributed by atoms with E-state index in [2.05, 4.69) is 15.9 Å². The highest BCUT2D eigenvalue weighted by Gasteiger charge is 2.25. The van der Waals surface area contributed by atoms with Crippen molar-refractivity contribution in [2.75, 3.05) is 20.2 Å². The van der Waals surface area contributed by atoms with Gasteiger partial charge in [0.2, 0.25) is 0 Å². The number of halogens is 1. The Kier molecular flexibility index (Phi) is 4.73. The molecule has 1 fully saturated rings. The number of ether oxygens (including phenoxy) is 1. The van der Waals surface area contributed by atoms with E-state index in [1.54, 1.807) is 7.11 Å². The van der Waals surface area contributed by atoms with Gasteiger partial charge >= 0.3 is 0 Å². The lowest BCUT2D eigenvalue weighted by atomic mass is 10.1. The van der Waals surface area contributed by atoms with E-state index < -0.39 is 11.0 Å². The Hall–Kier alpha value is -0.230. The quantitative estimate of drug-likeness (QED) is 0.857. The van der Waals surface area contributed by atoms with Crippen molar-refractivity contribution in [1.82, 2.24) is 4.31 Å². The third-order valence-corrected chi connectivity index (χ3v) is 5.42. The third kappa shape index (κ3) is 3.16. The monoisotopic (exact) mass is 317 g/mol. The fraction of sp³-hybridized carbons (Fsp3) is 0.500. The van der Waals surface area contributed by atoms with Gasteiger partial charge in [-0.2, -0.15) is 0 Å². The second kappa shape index (κ2) is 6.09. The summed E-state index contributed by atoms with van der Waals surface area (Å²) in [6.07, 6.45) is 2.30. The standard InChI is InChI=1S/C12H16BrNO2S/c1-16-10-5-4-8-14(9-10)17(15)12-7-3-2-6-11(12)13/h2-3,6-7,10H,4-5,8-9H2,1H3. The Bertz CT molecular complexity index is 413. The number of piperidine rings is 1. The number of hydrogen-bond acceptors (Lipinski definition) is 2. The van der Waals surface area contributed by atoms with Gasteiger partial charge in [0.05, 0.1) is 11.0 Å². The van der Waals surface area contributed by atoms with Gasteiger partial charge in [-0.25, -0.2) is 8.51 Å². The van der Waals surface area contributed by atoms with E-state index in [-0.39, 0.29) is 6.10 Å². The molecule has 0 spiro atoms. The minimum Gasteiger partial charge on any atom is -0.380 e. The van der Waals surface area contributed by atoms with Gasteiger partial charge in [-0.3, -0.25) is 0 Å². The molecule has 0 amide bonds. The zero-order valence-electron chi connectivity index (χ0n) is 9.77. The Morgan fingerprint density at radius 1 is 1.47 bits per heavy atom. The van der Waals surface area contributed by atoms with Crippen LogP contribution in [0.4, 0.5) is 0 Å². The molecule has 1 aromatic carbocycles. The van der Waals surface area contributed by atoms with Crippen LogP contribution in [0.1, 0.15) is 12.8 Å². The molecule has 1 aromatic rings. The van der Waals surface area contributed by atoms with Gasteiger partial charge in [0, 0.05) is 24.7 Å². The number of rotatable bonds is 3. The van der Waals surface area contributed by atoms with Crippen LogP contribution in [0.15, 0.2) is 33.6 Å². The molecule has 1 aliphatic rings. The molecule has 17 heavy (non-hydrogen) atoms. The zero-order chi connectivity index (χ0) is 12.3. The maximum atomic E-state index is 12.4. The number of nitrogens with zero attached hydrogens (tertiary/aromatic N) is 1. The average Bonchev–Trinajstić information content (AvgIpc) is 2.38. The second-order valence-electron chi connectivity index (χ2n) is 4.07. The lowest BCUT2D eigenvalue weighted by Crippen LogP contribution is -2.40. The zero-order valence-corrected chi connectivity index (χ0v) is 12.2. The highest BCUT2D eigenvalue weighted by Crippen LogP contribution is 2.24. The van der Waals surface area contributed by atoms with Crippen molar-refractivity contribution < 1.29 is 8.95 Å². The molecule has 0 bridgehead atoms. The van der Waals surface area contributed by atoms with E-state index in [0.29, 0.717) is 0 Å². The summed E-state index contributed by atoms with van der Waals surface area (Å²) in [5, 5.41) is 0. The fourth-order valence-electron chi connectivity index (χ4n) is 1.97. The molecule has 2 unspecified atom stereocenters. The molecular formula is C12H16BrNO2S. The largest absolute Gasteiger partial charge is 0.380 e. The first kappa shape index (κ1) is 13.2. The van der Waals surface area contributed by atoms with Gasteiger partial charge in [-0.05, 0) is 40.9 Å². The Morgan fingerprint density at radius 2 is 2.24 bits per heavy atom. The van der Waals surface area contributed by atoms with Crippen molar-refractivity contribution in [3.63, 3.8) is 0 Å². The van der Waals surface area contributed by atoms with Crippen molar-refractivity contribution in [3.05, 3.63) is 28.7 Å². The average molecular weight is 318 g/mol. The van der Waals surface area contributed by atoms with Gasteiger partial charge < -0.3 is 4.74 Å². The van der Waals surface area contributed by atoms with Crippen molar-refractivity contribution >= 4 is 26.9 Å². The van der Waals surface area contributed by atoms with Crippen molar-refractivity contribution in [2.45, 2.75) is 23.8 Å². The molecule has 1 aliphatic heterocycles. The van der Waals surface area contributed by atoms with Gasteiger partial charge in [0.25, 0.3) is 0 Å². The van der Waals surface area contributed by atoms with Crippen LogP contribution < -0.4 is 0 Å². The van der Waals surface area contributed by atoms with Crippen LogP contribution >= 0.6 is 15.9 Å². The summed E-state index contributed by atoms with van der Waals surface area (Å²) in [5.74, 6) is 0. The van der Waals surface area contributed by atoms with Crippen LogP contribution in [0.5, 0.6) is 0 Å². The minimum absolute atomic E-state index is 0.204. The summed E-state index contributed by atoms with van der Waals surface area (Å²) in [4.78, 5) is 0.837. The fourth-order valence-corrected chi connectivity index (χ4v) is 3.98. The summed E-state index contributed by atoms with van der Waals surface area (Å²) >= 11 is 3.44. The molecule has 0 saturated carbocycles. The summed E-state index contributed by atoms with van der Waals surface area (Å²) in [5.41, 5.74) is 0. The molecule has 5 heteroatoms. The molecule has 1 saturated heterocycles. The molecule has 94 valence electrons. The van der Waals surface area contributed by atoms with E-state index in [0.717, 1.165) is 35.3 Å². The predicted octanol–water partition coefficient (Wildman–Crippen LogP) is 2.58. The Labute approximate surface area is 113 Å². The SMILES string of the molecule is COC1CCCN(S(=O)c2ccccc2Br)C1. The van der Waals surface area contributed by atoms with Gasteiger partial charge in [-0.15, -0.1) is 0 Å². The van der Waals surface area contributed by atoms with Crippen LogP contribution in [0.25, 0.3) is 0 Å². The molecule has 0 aromatic heterocycles. The van der Waals surface area contributed by atoms with Crippen molar-refractivity contribution in [3.8, 4) is 0 Å². The number of hydrogen-bond donors (Lipinski definition) is 0. The normalized spacial score (nSPS) is 23.5. The highest BCUT2D eigenvalue weighted by atomic mass is 79.9. The molecule has 0 N–H and O–H groups in total. The van der Waals surface area contributed by atoms with E-state index in [4.69, 9.17) is 4.74 Å². The lowest BCUT2D eigenvalue weighted by molar-refractivity contribution is 0.0586. The number of benzene rings is 1. The Morgan fingerprint density at radius 3 is 2.94 bits per heavy atom. The summed E-state index contributed by atoms with van der Waals surface area (Å²) < 4.78 is 20.7. The first-order valence-corrected chi connectivity index (χ1v) is 7.56. The lowest BCUT2D eigenvalue weighted by Gasteiger charge is -2.30. The summed E-state index contributed by atoms with van der Waals surface area (Å²) in [7, 11) is 0.621. The van der Waals surface area contributed by atoms with E-state index in [9.17, 15) is 4.21 Å². The first-order chi connectivity index (χ1) is 8.22. The van der Waals surface area contributed by atoms with E-state index >= 15 is 0 Å². The molecular weight excluding hydrogens is 302 g/mol. The van der Waals surface area contributed by atoms with Crippen molar-refractivity contribution in [1.29, 1.82) is 0 Å². The third-order valence-electron chi connectivity index (χ3n) is 2.93. The van der Waals surface area contributed by atoms with Crippen LogP contribution in [-0.2, 0) is 15.7 Å². The van der Waals surface area contributed by atoms with Crippen LogP contribution in [-0.4, -0.2) is 34.8 Å². The molecule has 2 rings (SSSR count). The molecule has 1 heterocycles. The first-order valence-electron chi connectivity index (χ1n) is 5.66. The van der Waals surface area contributed by atoms with Crippen LogP contribution in [0.3, 0.4) is 0 Å². The predicted molar refractivity (Wildman–Crippen MR) is 72.2 cm³/mol. The van der Waals surface area contributed by atoms with Crippen LogP contribution in [0, 0.1) is 0 Å². The molecule has 2 atom stereocenters. The van der Waals surface area contributed by atoms with E-state index in [1.807, 2.05) is 28.6 Å². The highest BCUT2D eigenvalue weighted by molar-refractivity contribution is 9.10. The topological polar surface area (TPSA) is 29.5 Å². The van der Waals surface area contributed by atoms with E-state index in [1.165, 1.54) is 0 Å². The maximum Gasteiger partial charge on any atom is 0.128 e. The summed E-state index contributed by atoms with van der Waals surface area (Å²) in [6.45, 7) is 1.61. The maximum absolute atomic E-state index is 12.4. The smallest absolute Gasteiger partial charge is 0.128 e. The molecule has 0 aliphatic carbocycles. The molecule has 0 radical (unpaired) electrons.